The number of aromatic nitrogens is 2. The highest BCUT2D eigenvalue weighted by Gasteiger charge is 2.17. The van der Waals surface area contributed by atoms with E-state index in [4.69, 9.17) is 9.47 Å². The Morgan fingerprint density at radius 3 is 2.54 bits per heavy atom. The number of aromatic amines is 1. The fourth-order valence-electron chi connectivity index (χ4n) is 2.90. The quantitative estimate of drug-likeness (QED) is 0.557. The van der Waals surface area contributed by atoms with Crippen LogP contribution in [-0.4, -0.2) is 48.1 Å². The van der Waals surface area contributed by atoms with E-state index in [-0.39, 0.29) is 18.6 Å². The Hall–Kier alpha value is -3.32. The number of carbonyl (C=O) groups is 1. The van der Waals surface area contributed by atoms with Crippen molar-refractivity contribution in [3.8, 4) is 22.8 Å². The highest BCUT2D eigenvalue weighted by molar-refractivity contribution is 5.93. The zero-order valence-electron chi connectivity index (χ0n) is 15.8. The lowest BCUT2D eigenvalue weighted by molar-refractivity contribution is 0.0911. The first-order valence-corrected chi connectivity index (χ1v) is 8.88. The lowest BCUT2D eigenvalue weighted by atomic mass is 10.1. The van der Waals surface area contributed by atoms with Crippen molar-refractivity contribution in [2.24, 2.45) is 0 Å². The van der Waals surface area contributed by atoms with Gasteiger partial charge in [0.25, 0.3) is 5.91 Å². The van der Waals surface area contributed by atoms with E-state index >= 15 is 0 Å². The minimum atomic E-state index is -0.386. The van der Waals surface area contributed by atoms with Gasteiger partial charge in [0.1, 0.15) is 5.69 Å². The van der Waals surface area contributed by atoms with E-state index in [1.807, 2.05) is 36.4 Å². The van der Waals surface area contributed by atoms with Crippen LogP contribution in [0.15, 0.2) is 54.6 Å². The summed E-state index contributed by atoms with van der Waals surface area (Å²) in [7, 11) is 3.13. The molecule has 0 radical (unpaired) electrons. The summed E-state index contributed by atoms with van der Waals surface area (Å²) < 4.78 is 10.5. The third-order valence-corrected chi connectivity index (χ3v) is 4.38. The second-order valence-corrected chi connectivity index (χ2v) is 6.28. The maximum absolute atomic E-state index is 12.5. The predicted molar refractivity (Wildman–Crippen MR) is 106 cm³/mol. The number of benzene rings is 2. The Morgan fingerprint density at radius 2 is 1.86 bits per heavy atom. The van der Waals surface area contributed by atoms with Crippen LogP contribution in [0.1, 0.15) is 16.1 Å². The van der Waals surface area contributed by atoms with Crippen molar-refractivity contribution in [1.82, 2.24) is 15.5 Å². The smallest absolute Gasteiger partial charge is 0.269 e. The molecule has 1 heterocycles. The SMILES string of the molecule is COc1ccc(-c2cc(C(=O)NC(CO)Cc3ccccc3)[nH]n2)cc1OC. The van der Waals surface area contributed by atoms with E-state index in [1.165, 1.54) is 0 Å². The fourth-order valence-corrected chi connectivity index (χ4v) is 2.90. The average Bonchev–Trinajstić information content (AvgIpc) is 3.24. The van der Waals surface area contributed by atoms with Crippen LogP contribution in [0.5, 0.6) is 11.5 Å². The monoisotopic (exact) mass is 381 g/mol. The number of rotatable bonds is 8. The van der Waals surface area contributed by atoms with Gasteiger partial charge in [-0.1, -0.05) is 30.3 Å². The second kappa shape index (κ2) is 9.05. The number of nitrogens with one attached hydrogen (secondary N) is 2. The van der Waals surface area contributed by atoms with Gasteiger partial charge in [-0.15, -0.1) is 0 Å². The summed E-state index contributed by atoms with van der Waals surface area (Å²) in [6, 6.07) is 16.4. The maximum atomic E-state index is 12.5. The van der Waals surface area contributed by atoms with Gasteiger partial charge in [0.2, 0.25) is 0 Å². The summed E-state index contributed by atoms with van der Waals surface area (Å²) in [5.74, 6) is 0.873. The van der Waals surface area contributed by atoms with Crippen molar-refractivity contribution >= 4 is 5.91 Å². The predicted octanol–water partition coefficient (Wildman–Crippen LogP) is 2.43. The average molecular weight is 381 g/mol. The standard InChI is InChI=1S/C21H23N3O4/c1-27-19-9-8-15(11-20(19)28-2)17-12-18(24-23-17)21(26)22-16(13-25)10-14-6-4-3-5-7-14/h3-9,11-12,16,25H,10,13H2,1-2H3,(H,22,26)(H,23,24). The summed E-state index contributed by atoms with van der Waals surface area (Å²) in [4.78, 5) is 12.5. The molecule has 0 aliphatic rings. The molecule has 1 unspecified atom stereocenters. The zero-order chi connectivity index (χ0) is 19.9. The number of carbonyl (C=O) groups excluding carboxylic acids is 1. The van der Waals surface area contributed by atoms with E-state index in [0.29, 0.717) is 29.3 Å². The topological polar surface area (TPSA) is 96.5 Å². The molecule has 0 bridgehead atoms. The van der Waals surface area contributed by atoms with E-state index in [2.05, 4.69) is 15.5 Å². The number of amides is 1. The number of aliphatic hydroxyl groups excluding tert-OH is 1. The van der Waals surface area contributed by atoms with E-state index < -0.39 is 0 Å². The summed E-state index contributed by atoms with van der Waals surface area (Å²) in [5.41, 5.74) is 2.75. The molecule has 0 fully saturated rings. The van der Waals surface area contributed by atoms with Crippen LogP contribution in [0, 0.1) is 0 Å². The van der Waals surface area contributed by atoms with Crippen molar-refractivity contribution in [3.63, 3.8) is 0 Å². The van der Waals surface area contributed by atoms with Gasteiger partial charge >= 0.3 is 0 Å². The largest absolute Gasteiger partial charge is 0.493 e. The molecule has 0 aliphatic carbocycles. The van der Waals surface area contributed by atoms with Crippen LogP contribution in [0.25, 0.3) is 11.3 Å². The minimum Gasteiger partial charge on any atom is -0.493 e. The van der Waals surface area contributed by atoms with Crippen molar-refractivity contribution in [1.29, 1.82) is 0 Å². The molecule has 2 aromatic carbocycles. The Morgan fingerprint density at radius 1 is 1.11 bits per heavy atom. The molecule has 3 rings (SSSR count). The third-order valence-electron chi connectivity index (χ3n) is 4.38. The Kier molecular flexibility index (Phi) is 6.29. The summed E-state index contributed by atoms with van der Waals surface area (Å²) in [6.07, 6.45) is 0.541. The molecular formula is C21H23N3O4. The number of methoxy groups -OCH3 is 2. The van der Waals surface area contributed by atoms with Crippen LogP contribution in [0.2, 0.25) is 0 Å². The van der Waals surface area contributed by atoms with Crippen molar-refractivity contribution < 1.29 is 19.4 Å². The molecule has 1 amide bonds. The normalized spacial score (nSPS) is 11.7. The van der Waals surface area contributed by atoms with Crippen LogP contribution in [0.4, 0.5) is 0 Å². The number of hydrogen-bond donors (Lipinski definition) is 3. The molecule has 0 saturated carbocycles. The van der Waals surface area contributed by atoms with Crippen LogP contribution in [-0.2, 0) is 6.42 Å². The lowest BCUT2D eigenvalue weighted by Gasteiger charge is -2.15. The van der Waals surface area contributed by atoms with Crippen LogP contribution < -0.4 is 14.8 Å². The first-order valence-electron chi connectivity index (χ1n) is 8.88. The van der Waals surface area contributed by atoms with Gasteiger partial charge in [-0.3, -0.25) is 9.89 Å². The molecule has 146 valence electrons. The number of hydrogen-bond acceptors (Lipinski definition) is 5. The number of H-pyrrole nitrogens is 1. The van der Waals surface area contributed by atoms with Crippen LogP contribution in [0.3, 0.4) is 0 Å². The minimum absolute atomic E-state index is 0.155. The van der Waals surface area contributed by atoms with Gasteiger partial charge < -0.3 is 19.9 Å². The molecule has 0 saturated heterocycles. The summed E-state index contributed by atoms with van der Waals surface area (Å²) in [6.45, 7) is -0.155. The summed E-state index contributed by atoms with van der Waals surface area (Å²) in [5, 5.41) is 19.4. The molecule has 7 heteroatoms. The van der Waals surface area contributed by atoms with Gasteiger partial charge in [0.05, 0.1) is 32.6 Å². The first kappa shape index (κ1) is 19.4. The maximum Gasteiger partial charge on any atom is 0.269 e. The Bertz CT molecular complexity index is 924. The zero-order valence-corrected chi connectivity index (χ0v) is 15.8. The molecule has 28 heavy (non-hydrogen) atoms. The second-order valence-electron chi connectivity index (χ2n) is 6.28. The Labute approximate surface area is 163 Å². The van der Waals surface area contributed by atoms with E-state index in [0.717, 1.165) is 11.1 Å². The number of aliphatic hydroxyl groups is 1. The first-order chi connectivity index (χ1) is 13.6. The van der Waals surface area contributed by atoms with Gasteiger partial charge in [-0.2, -0.15) is 5.10 Å². The van der Waals surface area contributed by atoms with E-state index in [9.17, 15) is 9.90 Å². The fraction of sp³-hybridized carbons (Fsp3) is 0.238. The highest BCUT2D eigenvalue weighted by atomic mass is 16.5. The molecule has 0 aliphatic heterocycles. The van der Waals surface area contributed by atoms with Crippen LogP contribution >= 0.6 is 0 Å². The van der Waals surface area contributed by atoms with Crippen molar-refractivity contribution in [2.45, 2.75) is 12.5 Å². The number of nitrogens with zero attached hydrogens (tertiary/aromatic N) is 1. The summed E-state index contributed by atoms with van der Waals surface area (Å²) >= 11 is 0. The third kappa shape index (κ3) is 4.50. The van der Waals surface area contributed by atoms with E-state index in [1.54, 1.807) is 32.4 Å². The van der Waals surface area contributed by atoms with Gasteiger partial charge in [0, 0.05) is 5.56 Å². The lowest BCUT2D eigenvalue weighted by Crippen LogP contribution is -2.39. The Balaban J connectivity index is 1.71. The molecule has 1 aromatic heterocycles. The van der Waals surface area contributed by atoms with Gasteiger partial charge in [-0.05, 0) is 36.2 Å². The van der Waals surface area contributed by atoms with Gasteiger partial charge in [-0.25, -0.2) is 0 Å². The molecule has 3 N–H and O–H groups in total. The van der Waals surface area contributed by atoms with Crippen molar-refractivity contribution in [2.75, 3.05) is 20.8 Å². The molecular weight excluding hydrogens is 358 g/mol. The molecule has 0 spiro atoms. The number of ether oxygens (including phenoxy) is 2. The highest BCUT2D eigenvalue weighted by Crippen LogP contribution is 2.31. The molecule has 3 aromatic rings. The molecule has 7 nitrogen and oxygen atoms in total. The molecule has 1 atom stereocenters. The van der Waals surface area contributed by atoms with Gasteiger partial charge in [0.15, 0.2) is 11.5 Å². The van der Waals surface area contributed by atoms with Crippen molar-refractivity contribution in [3.05, 3.63) is 65.9 Å².